The van der Waals surface area contributed by atoms with Crippen molar-refractivity contribution in [3.63, 3.8) is 0 Å². The van der Waals surface area contributed by atoms with Crippen molar-refractivity contribution in [2.45, 2.75) is 26.2 Å². The van der Waals surface area contributed by atoms with Crippen LogP contribution in [0.3, 0.4) is 0 Å². The number of benzene rings is 1. The van der Waals surface area contributed by atoms with E-state index in [9.17, 15) is 4.79 Å². The fraction of sp³-hybridized carbons (Fsp3) is 0.357. The van der Waals surface area contributed by atoms with Crippen molar-refractivity contribution in [2.24, 2.45) is 5.41 Å². The lowest BCUT2D eigenvalue weighted by Crippen LogP contribution is -2.44. The molecule has 0 atom stereocenters. The third-order valence-electron chi connectivity index (χ3n) is 3.78. The highest BCUT2D eigenvalue weighted by Gasteiger charge is 2.51. The number of hydrogen-bond donors (Lipinski definition) is 0. The number of allylic oxidation sites excluding steroid dienone is 1. The van der Waals surface area contributed by atoms with Gasteiger partial charge in [0.2, 0.25) is 0 Å². The third-order valence-corrected chi connectivity index (χ3v) is 3.78. The summed E-state index contributed by atoms with van der Waals surface area (Å²) in [7, 11) is 0. The van der Waals surface area contributed by atoms with Crippen LogP contribution in [0.25, 0.3) is 5.57 Å². The Balaban J connectivity index is 2.19. The first-order valence-electron chi connectivity index (χ1n) is 5.76. The Morgan fingerprint density at radius 1 is 1.31 bits per heavy atom. The minimum atomic E-state index is -0.330. The summed E-state index contributed by atoms with van der Waals surface area (Å²) in [6.45, 7) is 2.00. The van der Waals surface area contributed by atoms with Crippen molar-refractivity contribution in [2.75, 3.05) is 0 Å². The summed E-state index contributed by atoms with van der Waals surface area (Å²) in [5, 5.41) is 0. The van der Waals surface area contributed by atoms with Crippen molar-refractivity contribution >= 4 is 11.5 Å². The van der Waals surface area contributed by atoms with Gasteiger partial charge in [0.25, 0.3) is 0 Å². The van der Waals surface area contributed by atoms with Gasteiger partial charge in [-0.05, 0) is 31.4 Å². The molecule has 2 heteroatoms. The molecule has 0 radical (unpaired) electrons. The van der Waals surface area contributed by atoms with Crippen molar-refractivity contribution in [3.8, 4) is 5.75 Å². The Kier molecular flexibility index (Phi) is 1.93. The lowest BCUT2D eigenvalue weighted by atomic mass is 9.61. The first-order valence-corrected chi connectivity index (χ1v) is 5.76. The number of ether oxygens (including phenoxy) is 1. The van der Waals surface area contributed by atoms with Gasteiger partial charge in [-0.1, -0.05) is 30.7 Å². The highest BCUT2D eigenvalue weighted by molar-refractivity contribution is 5.99. The van der Waals surface area contributed by atoms with Crippen LogP contribution in [0.15, 0.2) is 30.3 Å². The quantitative estimate of drug-likeness (QED) is 0.489. The van der Waals surface area contributed by atoms with E-state index in [4.69, 9.17) is 4.74 Å². The monoisotopic (exact) mass is 214 g/mol. The number of carbonyl (C=O) groups is 1. The molecule has 82 valence electrons. The number of hydrogen-bond acceptors (Lipinski definition) is 2. The van der Waals surface area contributed by atoms with Crippen molar-refractivity contribution < 1.29 is 9.53 Å². The molecule has 16 heavy (non-hydrogen) atoms. The second-order valence-electron chi connectivity index (χ2n) is 4.52. The van der Waals surface area contributed by atoms with Crippen LogP contribution >= 0.6 is 0 Å². The molecule has 1 saturated carbocycles. The van der Waals surface area contributed by atoms with Gasteiger partial charge < -0.3 is 4.74 Å². The average molecular weight is 214 g/mol. The van der Waals surface area contributed by atoms with Gasteiger partial charge in [0.05, 0.1) is 5.41 Å². The fourth-order valence-electron chi connectivity index (χ4n) is 2.78. The van der Waals surface area contributed by atoms with Gasteiger partial charge >= 0.3 is 5.97 Å². The highest BCUT2D eigenvalue weighted by atomic mass is 16.5. The SMILES string of the molecule is C/C=C1\c2ccccc2OC(=O)C12CCC2. The smallest absolute Gasteiger partial charge is 0.321 e. The molecule has 2 aliphatic rings. The van der Waals surface area contributed by atoms with E-state index < -0.39 is 0 Å². The van der Waals surface area contributed by atoms with E-state index in [1.165, 1.54) is 0 Å². The first-order chi connectivity index (χ1) is 7.78. The fourth-order valence-corrected chi connectivity index (χ4v) is 2.78. The molecule has 0 saturated heterocycles. The second kappa shape index (κ2) is 3.21. The zero-order valence-corrected chi connectivity index (χ0v) is 9.32. The van der Waals surface area contributed by atoms with Crippen LogP contribution in [0.2, 0.25) is 0 Å². The molecule has 1 aliphatic carbocycles. The number of fused-ring (bicyclic) bond motifs is 1. The minimum absolute atomic E-state index is 0.0643. The number of esters is 1. The highest BCUT2D eigenvalue weighted by Crippen LogP contribution is 2.55. The molecular weight excluding hydrogens is 200 g/mol. The molecule has 1 aromatic rings. The third kappa shape index (κ3) is 1.04. The summed E-state index contributed by atoms with van der Waals surface area (Å²) in [5.74, 6) is 0.642. The number of carbonyl (C=O) groups excluding carboxylic acids is 1. The minimum Gasteiger partial charge on any atom is -0.425 e. The summed E-state index contributed by atoms with van der Waals surface area (Å²) in [6, 6.07) is 7.80. The zero-order valence-electron chi connectivity index (χ0n) is 9.32. The molecule has 3 rings (SSSR count). The van der Waals surface area contributed by atoms with E-state index in [-0.39, 0.29) is 11.4 Å². The summed E-state index contributed by atoms with van der Waals surface area (Å²) in [4.78, 5) is 12.1. The summed E-state index contributed by atoms with van der Waals surface area (Å²) in [6.07, 6.45) is 5.05. The number of rotatable bonds is 0. The maximum absolute atomic E-state index is 12.1. The van der Waals surface area contributed by atoms with E-state index in [0.29, 0.717) is 5.75 Å². The number of para-hydroxylation sites is 1. The van der Waals surface area contributed by atoms with Crippen LogP contribution in [-0.2, 0) is 4.79 Å². The van der Waals surface area contributed by atoms with E-state index in [1.807, 2.05) is 31.2 Å². The molecule has 0 unspecified atom stereocenters. The maximum atomic E-state index is 12.1. The van der Waals surface area contributed by atoms with Crippen molar-refractivity contribution in [3.05, 3.63) is 35.9 Å². The molecule has 0 N–H and O–H groups in total. The average Bonchev–Trinajstić information content (AvgIpc) is 2.24. The van der Waals surface area contributed by atoms with Crippen LogP contribution in [0.1, 0.15) is 31.7 Å². The topological polar surface area (TPSA) is 26.3 Å². The Morgan fingerprint density at radius 2 is 2.06 bits per heavy atom. The maximum Gasteiger partial charge on any atom is 0.321 e. The Labute approximate surface area is 94.9 Å². The van der Waals surface area contributed by atoms with Crippen LogP contribution in [0.5, 0.6) is 5.75 Å². The van der Waals surface area contributed by atoms with Crippen molar-refractivity contribution in [1.29, 1.82) is 0 Å². The molecule has 1 aliphatic heterocycles. The molecule has 1 fully saturated rings. The Morgan fingerprint density at radius 3 is 2.69 bits per heavy atom. The molecule has 0 aromatic heterocycles. The lowest BCUT2D eigenvalue weighted by Gasteiger charge is -2.44. The molecular formula is C14H14O2. The molecule has 1 heterocycles. The van der Waals surface area contributed by atoms with Crippen LogP contribution in [0.4, 0.5) is 0 Å². The summed E-state index contributed by atoms with van der Waals surface area (Å²) >= 11 is 0. The van der Waals surface area contributed by atoms with Crippen LogP contribution in [-0.4, -0.2) is 5.97 Å². The largest absolute Gasteiger partial charge is 0.425 e. The zero-order chi connectivity index (χ0) is 11.2. The van der Waals surface area contributed by atoms with Crippen molar-refractivity contribution in [1.82, 2.24) is 0 Å². The van der Waals surface area contributed by atoms with E-state index in [1.54, 1.807) is 0 Å². The predicted octanol–water partition coefficient (Wildman–Crippen LogP) is 3.18. The predicted molar refractivity (Wildman–Crippen MR) is 62.0 cm³/mol. The van der Waals surface area contributed by atoms with Gasteiger partial charge in [-0.3, -0.25) is 4.79 Å². The molecule has 1 spiro atoms. The Hall–Kier alpha value is -1.57. The van der Waals surface area contributed by atoms with Gasteiger partial charge in [0.15, 0.2) is 0 Å². The van der Waals surface area contributed by atoms with Gasteiger partial charge in [0, 0.05) is 5.56 Å². The molecule has 1 aromatic carbocycles. The molecule has 0 amide bonds. The lowest BCUT2D eigenvalue weighted by molar-refractivity contribution is -0.147. The summed E-state index contributed by atoms with van der Waals surface area (Å²) < 4.78 is 5.44. The summed E-state index contributed by atoms with van der Waals surface area (Å²) in [5.41, 5.74) is 1.92. The van der Waals surface area contributed by atoms with E-state index in [2.05, 4.69) is 6.08 Å². The van der Waals surface area contributed by atoms with E-state index >= 15 is 0 Å². The Bertz CT molecular complexity index is 481. The molecule has 2 nitrogen and oxygen atoms in total. The normalized spacial score (nSPS) is 23.8. The van der Waals surface area contributed by atoms with Gasteiger partial charge in [-0.2, -0.15) is 0 Å². The van der Waals surface area contributed by atoms with Gasteiger partial charge in [-0.25, -0.2) is 0 Å². The van der Waals surface area contributed by atoms with Crippen LogP contribution in [0, 0.1) is 5.41 Å². The molecule has 0 bridgehead atoms. The van der Waals surface area contributed by atoms with E-state index in [0.717, 1.165) is 30.4 Å². The second-order valence-corrected chi connectivity index (χ2v) is 4.52. The van der Waals surface area contributed by atoms with Crippen LogP contribution < -0.4 is 4.74 Å². The standard InChI is InChI=1S/C14H14O2/c1-2-11-10-6-3-4-7-12(10)16-13(15)14(11)8-5-9-14/h2-4,6-7H,5,8-9H2,1H3/b11-2+. The first kappa shape index (κ1) is 9.64. The van der Waals surface area contributed by atoms with Gasteiger partial charge in [-0.15, -0.1) is 0 Å². The van der Waals surface area contributed by atoms with Gasteiger partial charge in [0.1, 0.15) is 5.75 Å².